The van der Waals surface area contributed by atoms with Crippen LogP contribution in [0, 0.1) is 13.8 Å². The number of hydrogen-bond donors (Lipinski definition) is 2. The molecule has 1 aromatic heterocycles. The number of aromatic nitrogens is 1. The number of anilines is 2. The van der Waals surface area contributed by atoms with Crippen molar-refractivity contribution in [1.29, 1.82) is 0 Å². The second kappa shape index (κ2) is 5.07. The number of thiazole rings is 1. The number of nitrogen functional groups attached to an aromatic ring is 1. The maximum Gasteiger partial charge on any atom is 0.267 e. The summed E-state index contributed by atoms with van der Waals surface area (Å²) in [5.74, 6) is -0.183. The van der Waals surface area contributed by atoms with Crippen LogP contribution in [0.15, 0.2) is 22.8 Å². The van der Waals surface area contributed by atoms with Crippen LogP contribution in [0.1, 0.15) is 20.2 Å². The summed E-state index contributed by atoms with van der Waals surface area (Å²) in [7, 11) is 0. The smallest absolute Gasteiger partial charge is 0.267 e. The Morgan fingerprint density at radius 3 is 2.72 bits per heavy atom. The number of hydrogen-bond acceptors (Lipinski definition) is 4. The number of nitrogens with zero attached hydrogens (tertiary/aromatic N) is 1. The Morgan fingerprint density at radius 2 is 2.17 bits per heavy atom. The molecule has 0 spiro atoms. The fourth-order valence-corrected chi connectivity index (χ4v) is 2.84. The fourth-order valence-electron chi connectivity index (χ4n) is 1.58. The zero-order valence-corrected chi connectivity index (χ0v) is 12.4. The molecular formula is C12H12BrN3OS. The SMILES string of the molecule is Cc1ncc(C(=O)Nc2c(C)cc(Br)cc2N)s1. The monoisotopic (exact) mass is 325 g/mol. The molecule has 94 valence electrons. The quantitative estimate of drug-likeness (QED) is 0.832. The first kappa shape index (κ1) is 13.0. The molecule has 1 amide bonds. The first-order valence-electron chi connectivity index (χ1n) is 5.27. The Kier molecular flexibility index (Phi) is 3.68. The first-order valence-corrected chi connectivity index (χ1v) is 6.87. The number of carbonyl (C=O) groups excluding carboxylic acids is 1. The standard InChI is InChI=1S/C12H12BrN3OS/c1-6-3-8(13)4-9(14)11(6)16-12(17)10-5-15-7(2)18-10/h3-5H,14H2,1-2H3,(H,16,17). The van der Waals surface area contributed by atoms with E-state index in [0.717, 1.165) is 15.0 Å². The van der Waals surface area contributed by atoms with Gasteiger partial charge >= 0.3 is 0 Å². The zero-order valence-electron chi connectivity index (χ0n) is 9.95. The van der Waals surface area contributed by atoms with Gasteiger partial charge in [0.15, 0.2) is 0 Å². The molecule has 18 heavy (non-hydrogen) atoms. The van der Waals surface area contributed by atoms with Gasteiger partial charge in [-0.15, -0.1) is 11.3 Å². The summed E-state index contributed by atoms with van der Waals surface area (Å²) < 4.78 is 0.893. The molecule has 1 aromatic carbocycles. The number of nitrogens with one attached hydrogen (secondary N) is 1. The molecule has 2 aromatic rings. The summed E-state index contributed by atoms with van der Waals surface area (Å²) in [4.78, 5) is 16.6. The molecule has 1 heterocycles. The lowest BCUT2D eigenvalue weighted by molar-refractivity contribution is 0.103. The predicted molar refractivity (Wildman–Crippen MR) is 78.1 cm³/mol. The topological polar surface area (TPSA) is 68.0 Å². The van der Waals surface area contributed by atoms with Gasteiger partial charge in [-0.2, -0.15) is 0 Å². The molecule has 3 N–H and O–H groups in total. The lowest BCUT2D eigenvalue weighted by atomic mass is 10.1. The molecule has 0 atom stereocenters. The van der Waals surface area contributed by atoms with Gasteiger partial charge in [-0.1, -0.05) is 15.9 Å². The normalized spacial score (nSPS) is 10.4. The summed E-state index contributed by atoms with van der Waals surface area (Å²) in [6.07, 6.45) is 1.57. The second-order valence-electron chi connectivity index (χ2n) is 3.88. The number of nitrogens with two attached hydrogens (primary N) is 1. The molecule has 0 fully saturated rings. The number of carbonyl (C=O) groups is 1. The molecule has 2 rings (SSSR count). The first-order chi connectivity index (χ1) is 8.47. The van der Waals surface area contributed by atoms with E-state index in [-0.39, 0.29) is 5.91 Å². The maximum atomic E-state index is 12.0. The van der Waals surface area contributed by atoms with E-state index in [1.54, 1.807) is 12.3 Å². The Hall–Kier alpha value is -1.40. The average Bonchev–Trinajstić information content (AvgIpc) is 2.70. The largest absolute Gasteiger partial charge is 0.397 e. The number of rotatable bonds is 2. The van der Waals surface area contributed by atoms with E-state index in [1.165, 1.54) is 11.3 Å². The minimum Gasteiger partial charge on any atom is -0.397 e. The molecule has 0 aliphatic rings. The van der Waals surface area contributed by atoms with E-state index in [2.05, 4.69) is 26.2 Å². The highest BCUT2D eigenvalue weighted by Crippen LogP contribution is 2.28. The minimum absolute atomic E-state index is 0.183. The van der Waals surface area contributed by atoms with Crippen LogP contribution >= 0.6 is 27.3 Å². The summed E-state index contributed by atoms with van der Waals surface area (Å²) in [6.45, 7) is 3.76. The van der Waals surface area contributed by atoms with Gasteiger partial charge in [0.1, 0.15) is 4.88 Å². The van der Waals surface area contributed by atoms with Crippen LogP contribution in [0.5, 0.6) is 0 Å². The third-order valence-corrected chi connectivity index (χ3v) is 3.78. The van der Waals surface area contributed by atoms with Crippen molar-refractivity contribution in [3.8, 4) is 0 Å². The minimum atomic E-state index is -0.183. The van der Waals surface area contributed by atoms with Crippen LogP contribution in [0.4, 0.5) is 11.4 Å². The Labute approximate surface area is 117 Å². The van der Waals surface area contributed by atoms with Gasteiger partial charge in [0.05, 0.1) is 22.6 Å². The highest BCUT2D eigenvalue weighted by Gasteiger charge is 2.13. The van der Waals surface area contributed by atoms with Crippen molar-refractivity contribution >= 4 is 44.5 Å². The van der Waals surface area contributed by atoms with E-state index in [1.807, 2.05) is 19.9 Å². The Bertz CT molecular complexity index is 586. The summed E-state index contributed by atoms with van der Waals surface area (Å²) in [5, 5.41) is 3.68. The molecule has 0 saturated carbocycles. The maximum absolute atomic E-state index is 12.0. The number of benzene rings is 1. The van der Waals surface area contributed by atoms with Crippen molar-refractivity contribution < 1.29 is 4.79 Å². The van der Waals surface area contributed by atoms with Gasteiger partial charge in [0.25, 0.3) is 5.91 Å². The van der Waals surface area contributed by atoms with Crippen LogP contribution in [0.2, 0.25) is 0 Å². The number of aryl methyl sites for hydroxylation is 2. The highest BCUT2D eigenvalue weighted by atomic mass is 79.9. The van der Waals surface area contributed by atoms with Crippen molar-refractivity contribution in [3.05, 3.63) is 38.3 Å². The zero-order chi connectivity index (χ0) is 13.3. The molecule has 4 nitrogen and oxygen atoms in total. The highest BCUT2D eigenvalue weighted by molar-refractivity contribution is 9.10. The lowest BCUT2D eigenvalue weighted by Gasteiger charge is -2.11. The van der Waals surface area contributed by atoms with E-state index in [9.17, 15) is 4.79 Å². The summed E-state index contributed by atoms with van der Waals surface area (Å²) >= 11 is 4.72. The van der Waals surface area contributed by atoms with Gasteiger partial charge in [-0.25, -0.2) is 4.98 Å². The summed E-state index contributed by atoms with van der Waals surface area (Å²) in [5.41, 5.74) is 8.00. The molecular weight excluding hydrogens is 314 g/mol. The van der Waals surface area contributed by atoms with Crippen molar-refractivity contribution in [2.75, 3.05) is 11.1 Å². The van der Waals surface area contributed by atoms with Gasteiger partial charge in [0.2, 0.25) is 0 Å². The fraction of sp³-hybridized carbons (Fsp3) is 0.167. The summed E-state index contributed by atoms with van der Waals surface area (Å²) in [6, 6.07) is 3.67. The van der Waals surface area contributed by atoms with Crippen LogP contribution in [0.3, 0.4) is 0 Å². The third kappa shape index (κ3) is 2.70. The van der Waals surface area contributed by atoms with E-state index >= 15 is 0 Å². The molecule has 0 aliphatic carbocycles. The van der Waals surface area contributed by atoms with Crippen molar-refractivity contribution in [3.63, 3.8) is 0 Å². The van der Waals surface area contributed by atoms with Gasteiger partial charge in [0, 0.05) is 4.47 Å². The predicted octanol–water partition coefficient (Wildman–Crippen LogP) is 3.36. The second-order valence-corrected chi connectivity index (χ2v) is 6.04. The van der Waals surface area contributed by atoms with Crippen LogP contribution in [0.25, 0.3) is 0 Å². The van der Waals surface area contributed by atoms with Crippen molar-refractivity contribution in [1.82, 2.24) is 4.98 Å². The van der Waals surface area contributed by atoms with Gasteiger partial charge in [-0.3, -0.25) is 4.79 Å². The molecule has 0 aliphatic heterocycles. The van der Waals surface area contributed by atoms with Crippen LogP contribution < -0.4 is 11.1 Å². The van der Waals surface area contributed by atoms with Gasteiger partial charge in [-0.05, 0) is 31.5 Å². The molecule has 6 heteroatoms. The van der Waals surface area contributed by atoms with E-state index < -0.39 is 0 Å². The molecule has 0 bridgehead atoms. The van der Waals surface area contributed by atoms with E-state index in [4.69, 9.17) is 5.73 Å². The molecule has 0 unspecified atom stereocenters. The number of halogens is 1. The Balaban J connectivity index is 2.27. The van der Waals surface area contributed by atoms with Crippen LogP contribution in [-0.4, -0.2) is 10.9 Å². The van der Waals surface area contributed by atoms with Crippen molar-refractivity contribution in [2.24, 2.45) is 0 Å². The molecule has 0 saturated heterocycles. The average molecular weight is 326 g/mol. The lowest BCUT2D eigenvalue weighted by Crippen LogP contribution is -2.13. The van der Waals surface area contributed by atoms with E-state index in [0.29, 0.717) is 16.3 Å². The van der Waals surface area contributed by atoms with Crippen LogP contribution in [-0.2, 0) is 0 Å². The third-order valence-electron chi connectivity index (χ3n) is 2.41. The number of amides is 1. The Morgan fingerprint density at radius 1 is 1.44 bits per heavy atom. The van der Waals surface area contributed by atoms with Crippen molar-refractivity contribution in [2.45, 2.75) is 13.8 Å². The molecule has 0 radical (unpaired) electrons. The van der Waals surface area contributed by atoms with Gasteiger partial charge < -0.3 is 11.1 Å².